The molecule has 1 saturated heterocycles. The Morgan fingerprint density at radius 1 is 1.06 bits per heavy atom. The molecule has 0 bridgehead atoms. The van der Waals surface area contributed by atoms with Gasteiger partial charge < -0.3 is 9.55 Å². The summed E-state index contributed by atoms with van der Waals surface area (Å²) in [4.78, 5) is 33.1. The van der Waals surface area contributed by atoms with Crippen molar-refractivity contribution in [1.82, 2.24) is 23.8 Å². The molecule has 3 heterocycles. The second kappa shape index (κ2) is 7.17. The Labute approximate surface area is 177 Å². The highest BCUT2D eigenvalue weighted by molar-refractivity contribution is 7.89. The molecule has 160 valence electrons. The van der Waals surface area contributed by atoms with Crippen molar-refractivity contribution < 1.29 is 8.42 Å². The van der Waals surface area contributed by atoms with Gasteiger partial charge in [-0.2, -0.15) is 4.31 Å². The number of aromatic amines is 2. The van der Waals surface area contributed by atoms with E-state index < -0.39 is 27.3 Å². The Kier molecular flexibility index (Phi) is 4.56. The number of H-pyrrole nitrogens is 2. The number of hydrogen-bond donors (Lipinski definition) is 2. The summed E-state index contributed by atoms with van der Waals surface area (Å²) in [5, 5.41) is 0.122. The fourth-order valence-corrected chi connectivity index (χ4v) is 6.03. The van der Waals surface area contributed by atoms with Crippen LogP contribution in [-0.4, -0.2) is 38.8 Å². The van der Waals surface area contributed by atoms with Crippen LogP contribution in [0.25, 0.3) is 21.9 Å². The largest absolute Gasteiger partial charge is 0.330 e. The third kappa shape index (κ3) is 3.19. The number of sulfonamides is 1. The lowest BCUT2D eigenvalue weighted by Crippen LogP contribution is -2.39. The van der Waals surface area contributed by atoms with Crippen molar-refractivity contribution in [2.75, 3.05) is 6.54 Å². The van der Waals surface area contributed by atoms with Crippen molar-refractivity contribution in [1.29, 1.82) is 0 Å². The molecule has 2 N–H and O–H groups in total. The van der Waals surface area contributed by atoms with Gasteiger partial charge in [-0.05, 0) is 43.2 Å². The fraction of sp³-hybridized carbons (Fsp3) is 0.286. The minimum atomic E-state index is -3.90. The van der Waals surface area contributed by atoms with Crippen LogP contribution in [0.4, 0.5) is 0 Å². The van der Waals surface area contributed by atoms with E-state index in [0.717, 1.165) is 23.9 Å². The number of aromatic nitrogens is 4. The summed E-state index contributed by atoms with van der Waals surface area (Å²) in [5.74, 6) is 0.701. The van der Waals surface area contributed by atoms with Gasteiger partial charge in [-0.3, -0.25) is 9.78 Å². The predicted molar refractivity (Wildman–Crippen MR) is 116 cm³/mol. The zero-order chi connectivity index (χ0) is 21.8. The van der Waals surface area contributed by atoms with Crippen LogP contribution >= 0.6 is 0 Å². The van der Waals surface area contributed by atoms with Gasteiger partial charge in [0, 0.05) is 13.6 Å². The van der Waals surface area contributed by atoms with E-state index in [2.05, 4.69) is 9.97 Å². The number of rotatable bonds is 3. The van der Waals surface area contributed by atoms with Crippen molar-refractivity contribution in [3.05, 3.63) is 69.1 Å². The lowest BCUT2D eigenvalue weighted by atomic mass is 10.0. The molecule has 0 radical (unpaired) electrons. The Bertz CT molecular complexity index is 1530. The molecule has 0 aliphatic carbocycles. The van der Waals surface area contributed by atoms with E-state index in [1.807, 2.05) is 35.9 Å². The first-order valence-electron chi connectivity index (χ1n) is 10.1. The monoisotopic (exact) mass is 439 g/mol. The molecule has 1 atom stereocenters. The smallest absolute Gasteiger partial charge is 0.326 e. The number of fused-ring (bicyclic) bond motifs is 2. The van der Waals surface area contributed by atoms with Gasteiger partial charge in [0.1, 0.15) is 5.82 Å². The van der Waals surface area contributed by atoms with Crippen molar-refractivity contribution in [2.24, 2.45) is 7.05 Å². The molecule has 10 heteroatoms. The van der Waals surface area contributed by atoms with Gasteiger partial charge in [0.15, 0.2) is 0 Å². The highest BCUT2D eigenvalue weighted by atomic mass is 32.2. The van der Waals surface area contributed by atoms with Crippen LogP contribution in [0.15, 0.2) is 56.9 Å². The summed E-state index contributed by atoms with van der Waals surface area (Å²) < 4.78 is 30.7. The number of para-hydroxylation sites is 2. The number of nitrogens with one attached hydrogen (secondary N) is 2. The van der Waals surface area contributed by atoms with Crippen molar-refractivity contribution >= 4 is 32.0 Å². The van der Waals surface area contributed by atoms with Gasteiger partial charge >= 0.3 is 5.69 Å². The van der Waals surface area contributed by atoms with Crippen molar-refractivity contribution in [2.45, 2.75) is 30.2 Å². The molecule has 1 aliphatic heterocycles. The Hall–Kier alpha value is -3.24. The minimum absolute atomic E-state index is 0.0169. The van der Waals surface area contributed by atoms with E-state index in [-0.39, 0.29) is 10.3 Å². The standard InChI is InChI=1S/C21H21N5O4S/c1-25-17-7-3-2-6-16(17)22-19(25)18-8-4-5-11-26(18)31(29,30)13-9-10-15-14(12-13)20(27)24-21(28)23-15/h2-3,6-7,9-10,12,18H,4-5,8,11H2,1H3,(H2,23,24,27,28). The lowest BCUT2D eigenvalue weighted by Gasteiger charge is -2.34. The van der Waals surface area contributed by atoms with Crippen LogP contribution in [-0.2, 0) is 17.1 Å². The van der Waals surface area contributed by atoms with Gasteiger partial charge in [-0.1, -0.05) is 18.6 Å². The zero-order valence-electron chi connectivity index (χ0n) is 16.8. The molecule has 9 nitrogen and oxygen atoms in total. The summed E-state index contributed by atoms with van der Waals surface area (Å²) >= 11 is 0. The molecule has 4 aromatic rings. The summed E-state index contributed by atoms with van der Waals surface area (Å²) in [6, 6.07) is 11.5. The molecule has 2 aromatic heterocycles. The molecule has 1 fully saturated rings. The van der Waals surface area contributed by atoms with E-state index in [1.54, 1.807) is 0 Å². The van der Waals surface area contributed by atoms with E-state index in [1.165, 1.54) is 22.5 Å². The number of benzene rings is 2. The van der Waals surface area contributed by atoms with Crippen molar-refractivity contribution in [3.63, 3.8) is 0 Å². The third-order valence-electron chi connectivity index (χ3n) is 5.89. The molecule has 5 rings (SSSR count). The number of aryl methyl sites for hydroxylation is 1. The molecule has 2 aromatic carbocycles. The van der Waals surface area contributed by atoms with E-state index in [9.17, 15) is 18.0 Å². The average molecular weight is 439 g/mol. The maximum Gasteiger partial charge on any atom is 0.326 e. The quantitative estimate of drug-likeness (QED) is 0.506. The second-order valence-corrected chi connectivity index (χ2v) is 9.65. The molecular weight excluding hydrogens is 418 g/mol. The molecule has 0 saturated carbocycles. The summed E-state index contributed by atoms with van der Waals surface area (Å²) in [6.07, 6.45) is 2.32. The topological polar surface area (TPSA) is 121 Å². The molecule has 1 aliphatic rings. The molecule has 1 unspecified atom stereocenters. The zero-order valence-corrected chi connectivity index (χ0v) is 17.6. The highest BCUT2D eigenvalue weighted by Gasteiger charge is 2.37. The Morgan fingerprint density at radius 2 is 1.87 bits per heavy atom. The first-order valence-corrected chi connectivity index (χ1v) is 11.5. The summed E-state index contributed by atoms with van der Waals surface area (Å²) in [6.45, 7) is 0.371. The van der Waals surface area contributed by atoms with Gasteiger partial charge in [0.05, 0.1) is 32.9 Å². The van der Waals surface area contributed by atoms with Crippen LogP contribution in [0.5, 0.6) is 0 Å². The first kappa shape index (κ1) is 19.7. The number of hydrogen-bond acceptors (Lipinski definition) is 5. The highest BCUT2D eigenvalue weighted by Crippen LogP contribution is 2.36. The van der Waals surface area contributed by atoms with Crippen molar-refractivity contribution in [3.8, 4) is 0 Å². The second-order valence-electron chi connectivity index (χ2n) is 7.76. The molecule has 0 amide bonds. The van der Waals surface area contributed by atoms with E-state index in [4.69, 9.17) is 4.98 Å². The average Bonchev–Trinajstić information content (AvgIpc) is 3.10. The van der Waals surface area contributed by atoms with Crippen LogP contribution in [0, 0.1) is 0 Å². The fourth-order valence-electron chi connectivity index (χ4n) is 4.35. The van der Waals surface area contributed by atoms with Crippen LogP contribution in [0.1, 0.15) is 31.1 Å². The maximum absolute atomic E-state index is 13.6. The first-order chi connectivity index (χ1) is 14.9. The predicted octanol–water partition coefficient (Wildman–Crippen LogP) is 2.02. The van der Waals surface area contributed by atoms with Gasteiger partial charge in [-0.25, -0.2) is 18.2 Å². The Morgan fingerprint density at radius 3 is 2.68 bits per heavy atom. The minimum Gasteiger partial charge on any atom is -0.330 e. The van der Waals surface area contributed by atoms with Gasteiger partial charge in [0.2, 0.25) is 10.0 Å². The van der Waals surface area contributed by atoms with Crippen LogP contribution in [0.2, 0.25) is 0 Å². The summed E-state index contributed by atoms with van der Waals surface area (Å²) in [5.41, 5.74) is 0.802. The number of piperidine rings is 1. The molecule has 0 spiro atoms. The maximum atomic E-state index is 13.6. The van der Waals surface area contributed by atoms with Crippen LogP contribution in [0.3, 0.4) is 0 Å². The normalized spacial score (nSPS) is 18.0. The van der Waals surface area contributed by atoms with Gasteiger partial charge in [-0.15, -0.1) is 0 Å². The van der Waals surface area contributed by atoms with Gasteiger partial charge in [0.25, 0.3) is 5.56 Å². The molecule has 31 heavy (non-hydrogen) atoms. The van der Waals surface area contributed by atoms with E-state index >= 15 is 0 Å². The van der Waals surface area contributed by atoms with Crippen LogP contribution < -0.4 is 11.2 Å². The molecular formula is C21H21N5O4S. The lowest BCUT2D eigenvalue weighted by molar-refractivity contribution is 0.243. The van der Waals surface area contributed by atoms with E-state index in [0.29, 0.717) is 24.3 Å². The Balaban J connectivity index is 1.62. The number of imidazole rings is 1. The number of nitrogens with zero attached hydrogens (tertiary/aromatic N) is 3. The SMILES string of the molecule is Cn1c(C2CCCCN2S(=O)(=O)c2ccc3[nH]c(=O)[nH]c(=O)c3c2)nc2ccccc21. The summed E-state index contributed by atoms with van der Waals surface area (Å²) in [7, 11) is -2.00. The third-order valence-corrected chi connectivity index (χ3v) is 7.80.